The van der Waals surface area contributed by atoms with Crippen LogP contribution in [0.2, 0.25) is 0 Å². The van der Waals surface area contributed by atoms with E-state index in [1.807, 2.05) is 36.4 Å². The Kier molecular flexibility index (Phi) is 5.54. The maximum Gasteiger partial charge on any atom is 0.0748 e. The minimum absolute atomic E-state index is 0.343. The van der Waals surface area contributed by atoms with Crippen molar-refractivity contribution in [2.75, 3.05) is 0 Å². The molecule has 0 saturated carbocycles. The fourth-order valence-electron chi connectivity index (χ4n) is 1.43. The Bertz CT molecular complexity index is 330. The lowest BCUT2D eigenvalue weighted by atomic mass is 10.1. The van der Waals surface area contributed by atoms with Gasteiger partial charge in [-0.1, -0.05) is 48.6 Å². The second kappa shape index (κ2) is 6.99. The average molecular weight is 218 g/mol. The van der Waals surface area contributed by atoms with Crippen LogP contribution in [0.4, 0.5) is 0 Å². The normalized spacial score (nSPS) is 14.9. The molecule has 1 unspecified atom stereocenters. The molecule has 0 aliphatic heterocycles. The number of benzene rings is 1. The van der Waals surface area contributed by atoms with Gasteiger partial charge >= 0.3 is 0 Å². The van der Waals surface area contributed by atoms with Crippen LogP contribution in [0.3, 0.4) is 0 Å². The van der Waals surface area contributed by atoms with E-state index in [1.54, 1.807) is 12.2 Å². The SMILES string of the molecule is C=CC[C@H](O)CC(O)/C=C/c1ccccc1. The number of hydrogen-bond donors (Lipinski definition) is 2. The fourth-order valence-corrected chi connectivity index (χ4v) is 1.43. The molecule has 86 valence electrons. The van der Waals surface area contributed by atoms with Gasteiger partial charge in [0.2, 0.25) is 0 Å². The molecule has 0 spiro atoms. The highest BCUT2D eigenvalue weighted by Gasteiger charge is 2.07. The Morgan fingerprint density at radius 3 is 2.50 bits per heavy atom. The lowest BCUT2D eigenvalue weighted by molar-refractivity contribution is 0.106. The molecule has 2 atom stereocenters. The Morgan fingerprint density at radius 2 is 1.88 bits per heavy atom. The third kappa shape index (κ3) is 4.91. The van der Waals surface area contributed by atoms with Crippen LogP contribution in [0, 0.1) is 0 Å². The van der Waals surface area contributed by atoms with Crippen LogP contribution in [0.1, 0.15) is 18.4 Å². The Morgan fingerprint density at radius 1 is 1.19 bits per heavy atom. The van der Waals surface area contributed by atoms with Crippen LogP contribution in [0.15, 0.2) is 49.1 Å². The molecule has 0 aliphatic rings. The molecule has 0 aliphatic carbocycles. The number of aliphatic hydroxyl groups excluding tert-OH is 2. The van der Waals surface area contributed by atoms with E-state index < -0.39 is 12.2 Å². The third-order valence-corrected chi connectivity index (χ3v) is 2.26. The molecule has 0 amide bonds. The zero-order valence-electron chi connectivity index (χ0n) is 9.29. The fraction of sp³-hybridized carbons (Fsp3) is 0.286. The van der Waals surface area contributed by atoms with Crippen molar-refractivity contribution >= 4 is 6.08 Å². The van der Waals surface area contributed by atoms with Gasteiger partial charge in [-0.25, -0.2) is 0 Å². The molecule has 1 aromatic rings. The van der Waals surface area contributed by atoms with Gasteiger partial charge in [-0.3, -0.25) is 0 Å². The van der Waals surface area contributed by atoms with E-state index >= 15 is 0 Å². The summed E-state index contributed by atoms with van der Waals surface area (Å²) in [6, 6.07) is 9.76. The second-order valence-electron chi connectivity index (χ2n) is 3.75. The Balaban J connectivity index is 2.42. The highest BCUT2D eigenvalue weighted by molar-refractivity contribution is 5.49. The van der Waals surface area contributed by atoms with Gasteiger partial charge in [0, 0.05) is 6.42 Å². The topological polar surface area (TPSA) is 40.5 Å². The molecule has 0 fully saturated rings. The third-order valence-electron chi connectivity index (χ3n) is 2.26. The van der Waals surface area contributed by atoms with Crippen molar-refractivity contribution in [2.45, 2.75) is 25.0 Å². The van der Waals surface area contributed by atoms with Crippen LogP contribution in [0.5, 0.6) is 0 Å². The first kappa shape index (κ1) is 12.7. The van der Waals surface area contributed by atoms with E-state index in [1.165, 1.54) is 0 Å². The maximum absolute atomic E-state index is 9.63. The smallest absolute Gasteiger partial charge is 0.0748 e. The molecule has 2 heteroatoms. The van der Waals surface area contributed by atoms with Crippen molar-refractivity contribution in [2.24, 2.45) is 0 Å². The summed E-state index contributed by atoms with van der Waals surface area (Å²) in [5, 5.41) is 19.1. The molecular formula is C14H18O2. The monoisotopic (exact) mass is 218 g/mol. The second-order valence-corrected chi connectivity index (χ2v) is 3.75. The summed E-state index contributed by atoms with van der Waals surface area (Å²) < 4.78 is 0. The molecule has 2 nitrogen and oxygen atoms in total. The molecule has 2 N–H and O–H groups in total. The minimum atomic E-state index is -0.616. The highest BCUT2D eigenvalue weighted by atomic mass is 16.3. The molecule has 0 heterocycles. The van der Waals surface area contributed by atoms with E-state index in [2.05, 4.69) is 6.58 Å². The van der Waals surface area contributed by atoms with Crippen molar-refractivity contribution in [1.82, 2.24) is 0 Å². The van der Waals surface area contributed by atoms with Crippen LogP contribution in [-0.2, 0) is 0 Å². The molecule has 16 heavy (non-hydrogen) atoms. The summed E-state index contributed by atoms with van der Waals surface area (Å²) in [6.45, 7) is 3.54. The summed E-state index contributed by atoms with van der Waals surface area (Å²) in [5.41, 5.74) is 1.04. The van der Waals surface area contributed by atoms with E-state index in [-0.39, 0.29) is 0 Å². The van der Waals surface area contributed by atoms with Gasteiger partial charge in [0.05, 0.1) is 12.2 Å². The predicted octanol–water partition coefficient (Wildman–Crippen LogP) is 2.39. The molecule has 0 radical (unpaired) electrons. The van der Waals surface area contributed by atoms with Crippen LogP contribution >= 0.6 is 0 Å². The van der Waals surface area contributed by atoms with Gasteiger partial charge in [-0.15, -0.1) is 6.58 Å². The van der Waals surface area contributed by atoms with Crippen LogP contribution in [-0.4, -0.2) is 22.4 Å². The van der Waals surface area contributed by atoms with Crippen molar-refractivity contribution in [3.63, 3.8) is 0 Å². The van der Waals surface area contributed by atoms with Gasteiger partial charge in [-0.05, 0) is 12.0 Å². The van der Waals surface area contributed by atoms with Gasteiger partial charge in [0.15, 0.2) is 0 Å². The molecule has 0 bridgehead atoms. The predicted molar refractivity (Wildman–Crippen MR) is 66.9 cm³/mol. The molecular weight excluding hydrogens is 200 g/mol. The van der Waals surface area contributed by atoms with Gasteiger partial charge < -0.3 is 10.2 Å². The molecule has 0 saturated heterocycles. The summed E-state index contributed by atoms with van der Waals surface area (Å²) in [5.74, 6) is 0. The minimum Gasteiger partial charge on any atom is -0.393 e. The van der Waals surface area contributed by atoms with Crippen molar-refractivity contribution in [3.8, 4) is 0 Å². The standard InChI is InChI=1S/C14H18O2/c1-2-6-13(15)11-14(16)10-9-12-7-4-3-5-8-12/h2-5,7-10,13-16H,1,6,11H2/b10-9+/t13-,14?/m0/s1. The van der Waals surface area contributed by atoms with Crippen molar-refractivity contribution in [1.29, 1.82) is 0 Å². The first-order valence-corrected chi connectivity index (χ1v) is 5.42. The average Bonchev–Trinajstić information content (AvgIpc) is 2.28. The Hall–Kier alpha value is -1.38. The lowest BCUT2D eigenvalue weighted by Crippen LogP contribution is -2.14. The van der Waals surface area contributed by atoms with E-state index in [0.717, 1.165) is 5.56 Å². The zero-order valence-corrected chi connectivity index (χ0v) is 9.29. The quantitative estimate of drug-likeness (QED) is 0.720. The summed E-state index contributed by atoms with van der Waals surface area (Å²) in [7, 11) is 0. The Labute approximate surface area is 96.6 Å². The highest BCUT2D eigenvalue weighted by Crippen LogP contribution is 2.07. The zero-order chi connectivity index (χ0) is 11.8. The van der Waals surface area contributed by atoms with Crippen LogP contribution < -0.4 is 0 Å². The summed E-state index contributed by atoms with van der Waals surface area (Å²) >= 11 is 0. The van der Waals surface area contributed by atoms with E-state index in [0.29, 0.717) is 12.8 Å². The van der Waals surface area contributed by atoms with E-state index in [9.17, 15) is 10.2 Å². The van der Waals surface area contributed by atoms with Crippen LogP contribution in [0.25, 0.3) is 6.08 Å². The van der Waals surface area contributed by atoms with Crippen molar-refractivity contribution < 1.29 is 10.2 Å². The summed E-state index contributed by atoms with van der Waals surface area (Å²) in [6.07, 6.45) is 4.92. The van der Waals surface area contributed by atoms with E-state index in [4.69, 9.17) is 0 Å². The maximum atomic E-state index is 9.63. The first-order valence-electron chi connectivity index (χ1n) is 5.42. The number of rotatable bonds is 6. The number of hydrogen-bond acceptors (Lipinski definition) is 2. The first-order chi connectivity index (χ1) is 7.72. The molecule has 0 aromatic heterocycles. The largest absolute Gasteiger partial charge is 0.393 e. The summed E-state index contributed by atoms with van der Waals surface area (Å²) in [4.78, 5) is 0. The van der Waals surface area contributed by atoms with Gasteiger partial charge in [0.1, 0.15) is 0 Å². The van der Waals surface area contributed by atoms with Gasteiger partial charge in [-0.2, -0.15) is 0 Å². The van der Waals surface area contributed by atoms with Crippen molar-refractivity contribution in [3.05, 3.63) is 54.6 Å². The lowest BCUT2D eigenvalue weighted by Gasteiger charge is -2.10. The molecule has 1 aromatic carbocycles. The molecule has 1 rings (SSSR count). The van der Waals surface area contributed by atoms with Gasteiger partial charge in [0.25, 0.3) is 0 Å². The number of aliphatic hydroxyl groups is 2.